The van der Waals surface area contributed by atoms with Gasteiger partial charge in [0, 0.05) is 25.0 Å². The topological polar surface area (TPSA) is 41.6 Å². The van der Waals surface area contributed by atoms with Crippen molar-refractivity contribution in [2.75, 3.05) is 19.6 Å². The summed E-state index contributed by atoms with van der Waals surface area (Å²) in [6, 6.07) is 10.2. The van der Waals surface area contributed by atoms with Crippen molar-refractivity contribution in [1.29, 1.82) is 0 Å². The van der Waals surface area contributed by atoms with Gasteiger partial charge in [-0.3, -0.25) is 0 Å². The summed E-state index contributed by atoms with van der Waals surface area (Å²) in [7, 11) is 0. The lowest BCUT2D eigenvalue weighted by molar-refractivity contribution is -0.0103. The van der Waals surface area contributed by atoms with E-state index in [0.29, 0.717) is 18.6 Å². The number of likely N-dealkylation sites (tertiary alicyclic amines) is 1. The van der Waals surface area contributed by atoms with Gasteiger partial charge in [-0.25, -0.2) is 4.79 Å². The molecule has 0 aromatic heterocycles. The van der Waals surface area contributed by atoms with Crippen molar-refractivity contribution < 1.29 is 9.53 Å². The Morgan fingerprint density at radius 3 is 3.00 bits per heavy atom. The monoisotopic (exact) mass is 246 g/mol. The van der Waals surface area contributed by atoms with E-state index in [1.807, 2.05) is 35.2 Å². The molecule has 0 spiro atoms. The van der Waals surface area contributed by atoms with Crippen LogP contribution in [0.3, 0.4) is 0 Å². The quantitative estimate of drug-likeness (QED) is 0.862. The highest BCUT2D eigenvalue weighted by Gasteiger charge is 2.43. The van der Waals surface area contributed by atoms with Crippen molar-refractivity contribution >= 4 is 6.09 Å². The molecule has 2 aliphatic heterocycles. The van der Waals surface area contributed by atoms with Crippen LogP contribution < -0.4 is 5.32 Å². The molecule has 0 radical (unpaired) electrons. The molecule has 0 unspecified atom stereocenters. The van der Waals surface area contributed by atoms with Crippen LogP contribution in [0, 0.1) is 5.92 Å². The van der Waals surface area contributed by atoms with E-state index in [2.05, 4.69) is 5.32 Å². The predicted octanol–water partition coefficient (Wildman–Crippen LogP) is 1.62. The van der Waals surface area contributed by atoms with Gasteiger partial charge in [-0.1, -0.05) is 30.3 Å². The maximum Gasteiger partial charge on any atom is 0.410 e. The lowest BCUT2D eigenvalue weighted by atomic mass is 9.84. The molecule has 2 aliphatic rings. The fourth-order valence-corrected chi connectivity index (χ4v) is 2.77. The number of benzene rings is 1. The summed E-state index contributed by atoms with van der Waals surface area (Å²) in [5.74, 6) is 0.628. The van der Waals surface area contributed by atoms with Gasteiger partial charge < -0.3 is 15.0 Å². The van der Waals surface area contributed by atoms with Crippen LogP contribution in [0.2, 0.25) is 0 Å². The molecule has 0 bridgehead atoms. The molecule has 1 aromatic rings. The summed E-state index contributed by atoms with van der Waals surface area (Å²) in [6.07, 6.45) is 0.882. The molecule has 4 nitrogen and oxygen atoms in total. The number of carbonyl (C=O) groups is 1. The Morgan fingerprint density at radius 1 is 1.39 bits per heavy atom. The number of rotatable bonds is 2. The lowest BCUT2D eigenvalue weighted by Crippen LogP contribution is -2.64. The lowest BCUT2D eigenvalue weighted by Gasteiger charge is -2.50. The van der Waals surface area contributed by atoms with Gasteiger partial charge in [0.1, 0.15) is 6.61 Å². The standard InChI is InChI=1S/C14H18N2O2/c17-14(18-10-11-4-2-1-3-5-11)16-9-12-8-15-7-6-13(12)16/h1-5,12-13,15H,6-10H2/t12-,13-/m1/s1. The van der Waals surface area contributed by atoms with E-state index >= 15 is 0 Å². The zero-order valence-electron chi connectivity index (χ0n) is 10.3. The first-order valence-corrected chi connectivity index (χ1v) is 6.52. The molecule has 1 aromatic carbocycles. The van der Waals surface area contributed by atoms with Crippen LogP contribution in [0.1, 0.15) is 12.0 Å². The second-order valence-corrected chi connectivity index (χ2v) is 5.01. The maximum absolute atomic E-state index is 11.9. The highest BCUT2D eigenvalue weighted by Crippen LogP contribution is 2.29. The Morgan fingerprint density at radius 2 is 2.22 bits per heavy atom. The summed E-state index contributed by atoms with van der Waals surface area (Å²) in [5.41, 5.74) is 1.04. The molecule has 2 atom stereocenters. The molecule has 96 valence electrons. The first-order chi connectivity index (χ1) is 8.84. The Bertz CT molecular complexity index is 421. The third-order valence-corrected chi connectivity index (χ3v) is 3.84. The molecule has 2 heterocycles. The number of amides is 1. The van der Waals surface area contributed by atoms with E-state index in [-0.39, 0.29) is 6.09 Å². The average Bonchev–Trinajstić information content (AvgIpc) is 2.39. The fraction of sp³-hybridized carbons (Fsp3) is 0.500. The SMILES string of the molecule is O=C(OCc1ccccc1)N1C[C@H]2CNCC[C@H]21. The smallest absolute Gasteiger partial charge is 0.410 e. The minimum absolute atomic E-state index is 0.165. The molecule has 2 saturated heterocycles. The van der Waals surface area contributed by atoms with Crippen LogP contribution in [-0.4, -0.2) is 36.7 Å². The Kier molecular flexibility index (Phi) is 3.19. The summed E-state index contributed by atoms with van der Waals surface area (Å²) in [4.78, 5) is 13.8. The van der Waals surface area contributed by atoms with E-state index in [1.165, 1.54) is 0 Å². The molecule has 0 saturated carbocycles. The summed E-state index contributed by atoms with van der Waals surface area (Å²) in [5, 5.41) is 3.35. The van der Waals surface area contributed by atoms with Gasteiger partial charge in [0.05, 0.1) is 0 Å². The van der Waals surface area contributed by atoms with Gasteiger partial charge in [0.2, 0.25) is 0 Å². The van der Waals surface area contributed by atoms with Gasteiger partial charge >= 0.3 is 6.09 Å². The molecule has 18 heavy (non-hydrogen) atoms. The number of fused-ring (bicyclic) bond motifs is 1. The van der Waals surface area contributed by atoms with E-state index in [4.69, 9.17) is 4.74 Å². The molecular formula is C14H18N2O2. The number of carbonyl (C=O) groups excluding carboxylic acids is 1. The van der Waals surface area contributed by atoms with Crippen molar-refractivity contribution in [2.24, 2.45) is 5.92 Å². The van der Waals surface area contributed by atoms with E-state index < -0.39 is 0 Å². The zero-order chi connectivity index (χ0) is 12.4. The highest BCUT2D eigenvalue weighted by atomic mass is 16.6. The zero-order valence-corrected chi connectivity index (χ0v) is 10.3. The number of piperidine rings is 1. The Labute approximate surface area is 107 Å². The third-order valence-electron chi connectivity index (χ3n) is 3.84. The average molecular weight is 246 g/mol. The Hall–Kier alpha value is -1.55. The van der Waals surface area contributed by atoms with Gasteiger partial charge in [-0.15, -0.1) is 0 Å². The van der Waals surface area contributed by atoms with E-state index in [9.17, 15) is 4.79 Å². The predicted molar refractivity (Wildman–Crippen MR) is 68.1 cm³/mol. The van der Waals surface area contributed by atoms with E-state index in [1.54, 1.807) is 0 Å². The summed E-state index contributed by atoms with van der Waals surface area (Å²) < 4.78 is 5.35. The minimum Gasteiger partial charge on any atom is -0.445 e. The number of ether oxygens (including phenoxy) is 1. The van der Waals surface area contributed by atoms with Crippen LogP contribution >= 0.6 is 0 Å². The third kappa shape index (κ3) is 2.20. The van der Waals surface area contributed by atoms with Crippen LogP contribution in [0.5, 0.6) is 0 Å². The molecule has 1 amide bonds. The molecular weight excluding hydrogens is 228 g/mol. The van der Waals surface area contributed by atoms with Crippen LogP contribution in [0.25, 0.3) is 0 Å². The van der Waals surface area contributed by atoms with Gasteiger partial charge in [-0.2, -0.15) is 0 Å². The first kappa shape index (κ1) is 11.5. The number of hydrogen-bond donors (Lipinski definition) is 1. The summed E-state index contributed by atoms with van der Waals surface area (Å²) in [6.45, 7) is 3.24. The number of hydrogen-bond acceptors (Lipinski definition) is 3. The number of nitrogens with zero attached hydrogens (tertiary/aromatic N) is 1. The molecule has 4 heteroatoms. The minimum atomic E-state index is -0.165. The van der Waals surface area contributed by atoms with E-state index in [0.717, 1.165) is 31.6 Å². The first-order valence-electron chi connectivity index (χ1n) is 6.52. The second kappa shape index (κ2) is 4.98. The van der Waals surface area contributed by atoms with Crippen LogP contribution in [0.4, 0.5) is 4.79 Å². The highest BCUT2D eigenvalue weighted by molar-refractivity contribution is 5.69. The van der Waals surface area contributed by atoms with Crippen LogP contribution in [-0.2, 0) is 11.3 Å². The van der Waals surface area contributed by atoms with Gasteiger partial charge in [-0.05, 0) is 18.5 Å². The molecule has 3 rings (SSSR count). The normalized spacial score (nSPS) is 26.1. The van der Waals surface area contributed by atoms with Gasteiger partial charge in [0.15, 0.2) is 0 Å². The molecule has 1 N–H and O–H groups in total. The van der Waals surface area contributed by atoms with Crippen molar-refractivity contribution in [1.82, 2.24) is 10.2 Å². The van der Waals surface area contributed by atoms with Crippen molar-refractivity contribution in [3.63, 3.8) is 0 Å². The Balaban J connectivity index is 1.50. The molecule has 0 aliphatic carbocycles. The summed E-state index contributed by atoms with van der Waals surface area (Å²) >= 11 is 0. The van der Waals surface area contributed by atoms with Crippen molar-refractivity contribution in [3.8, 4) is 0 Å². The second-order valence-electron chi connectivity index (χ2n) is 5.01. The van der Waals surface area contributed by atoms with Gasteiger partial charge in [0.25, 0.3) is 0 Å². The largest absolute Gasteiger partial charge is 0.445 e. The fourth-order valence-electron chi connectivity index (χ4n) is 2.77. The molecule has 2 fully saturated rings. The van der Waals surface area contributed by atoms with Crippen molar-refractivity contribution in [2.45, 2.75) is 19.1 Å². The van der Waals surface area contributed by atoms with Crippen LogP contribution in [0.15, 0.2) is 30.3 Å². The van der Waals surface area contributed by atoms with Crippen molar-refractivity contribution in [3.05, 3.63) is 35.9 Å². The number of nitrogens with one attached hydrogen (secondary N) is 1. The maximum atomic E-state index is 11.9.